The first kappa shape index (κ1) is 21.9. The van der Waals surface area contributed by atoms with Gasteiger partial charge in [-0.3, -0.25) is 9.59 Å². The molecule has 1 heterocycles. The summed E-state index contributed by atoms with van der Waals surface area (Å²) < 4.78 is 7.15. The van der Waals surface area contributed by atoms with Crippen LogP contribution in [0.5, 0.6) is 5.75 Å². The Morgan fingerprint density at radius 1 is 1.03 bits per heavy atom. The lowest BCUT2D eigenvalue weighted by molar-refractivity contribution is -0.114. The molecule has 1 aromatic heterocycles. The third kappa shape index (κ3) is 4.62. The highest BCUT2D eigenvalue weighted by Gasteiger charge is 2.25. The number of halogens is 1. The molecule has 8 heteroatoms. The van der Waals surface area contributed by atoms with E-state index in [0.717, 1.165) is 49.0 Å². The molecule has 0 bridgehead atoms. The van der Waals surface area contributed by atoms with Crippen LogP contribution in [-0.4, -0.2) is 28.7 Å². The van der Waals surface area contributed by atoms with Gasteiger partial charge in [0.15, 0.2) is 5.69 Å². The quantitative estimate of drug-likeness (QED) is 0.532. The van der Waals surface area contributed by atoms with Crippen LogP contribution < -0.4 is 15.4 Å². The Morgan fingerprint density at radius 2 is 1.78 bits per heavy atom. The molecule has 7 nitrogen and oxygen atoms in total. The van der Waals surface area contributed by atoms with Crippen LogP contribution in [0, 0.1) is 0 Å². The van der Waals surface area contributed by atoms with Gasteiger partial charge in [-0.25, -0.2) is 4.68 Å². The van der Waals surface area contributed by atoms with Gasteiger partial charge < -0.3 is 15.4 Å². The Morgan fingerprint density at radius 3 is 2.50 bits per heavy atom. The van der Waals surface area contributed by atoms with Crippen LogP contribution in [0.4, 0.5) is 11.4 Å². The molecule has 0 atom stereocenters. The zero-order valence-electron chi connectivity index (χ0n) is 18.1. The molecule has 1 aliphatic rings. The second kappa shape index (κ2) is 9.44. The number of hydrogen-bond acceptors (Lipinski definition) is 4. The minimum absolute atomic E-state index is 0.223. The largest absolute Gasteiger partial charge is 0.495 e. The van der Waals surface area contributed by atoms with Gasteiger partial charge in [-0.1, -0.05) is 18.0 Å². The van der Waals surface area contributed by atoms with E-state index in [4.69, 9.17) is 21.4 Å². The second-order valence-corrected chi connectivity index (χ2v) is 8.21. The topological polar surface area (TPSA) is 85.2 Å². The first-order valence-corrected chi connectivity index (χ1v) is 11.0. The van der Waals surface area contributed by atoms with Crippen molar-refractivity contribution in [1.82, 2.24) is 9.78 Å². The number of rotatable bonds is 5. The molecule has 0 saturated carbocycles. The summed E-state index contributed by atoms with van der Waals surface area (Å²) in [5.74, 6) is 0.00712. The van der Waals surface area contributed by atoms with E-state index in [9.17, 15) is 9.59 Å². The van der Waals surface area contributed by atoms with Crippen molar-refractivity contribution in [2.24, 2.45) is 0 Å². The normalized spacial score (nSPS) is 13.1. The van der Waals surface area contributed by atoms with Crippen LogP contribution in [0.15, 0.2) is 42.5 Å². The van der Waals surface area contributed by atoms with Gasteiger partial charge in [-0.2, -0.15) is 5.10 Å². The van der Waals surface area contributed by atoms with Gasteiger partial charge in [-0.05, 0) is 68.1 Å². The highest BCUT2D eigenvalue weighted by atomic mass is 35.5. The SMILES string of the molecule is COc1ccc(NC(=O)c2nn(-c3ccc(Cl)cc3)c3c2CCCCC3)cc1NC(C)=O. The van der Waals surface area contributed by atoms with Crippen molar-refractivity contribution in [2.45, 2.75) is 39.0 Å². The molecule has 2 amide bonds. The number of carbonyl (C=O) groups is 2. The standard InChI is InChI=1S/C24H25ClN4O3/c1-15(30)26-20-14-17(10-13-22(20)32-2)27-24(31)23-19-6-4-3-5-7-21(19)29(28-23)18-11-8-16(25)9-12-18/h8-14H,3-7H2,1-2H3,(H,26,30)(H,27,31). The maximum absolute atomic E-state index is 13.3. The van der Waals surface area contributed by atoms with Gasteiger partial charge in [0.1, 0.15) is 5.75 Å². The molecule has 0 unspecified atom stereocenters. The van der Waals surface area contributed by atoms with Crippen LogP contribution in [0.2, 0.25) is 5.02 Å². The number of methoxy groups -OCH3 is 1. The number of aromatic nitrogens is 2. The molecule has 0 saturated heterocycles. The van der Waals surface area contributed by atoms with Crippen LogP contribution in [0.25, 0.3) is 5.69 Å². The number of nitrogens with zero attached hydrogens (tertiary/aromatic N) is 2. The fraction of sp³-hybridized carbons (Fsp3) is 0.292. The lowest BCUT2D eigenvalue weighted by atomic mass is 10.1. The predicted octanol–water partition coefficient (Wildman–Crippen LogP) is 5.01. The van der Waals surface area contributed by atoms with Gasteiger partial charge in [-0.15, -0.1) is 0 Å². The highest BCUT2D eigenvalue weighted by molar-refractivity contribution is 6.30. The van der Waals surface area contributed by atoms with Gasteiger partial charge in [0.25, 0.3) is 5.91 Å². The lowest BCUT2D eigenvalue weighted by Crippen LogP contribution is -2.15. The maximum Gasteiger partial charge on any atom is 0.276 e. The van der Waals surface area contributed by atoms with Crippen molar-refractivity contribution in [3.05, 3.63) is 64.4 Å². The predicted molar refractivity (Wildman–Crippen MR) is 125 cm³/mol. The zero-order valence-corrected chi connectivity index (χ0v) is 18.8. The first-order chi connectivity index (χ1) is 15.5. The Balaban J connectivity index is 1.68. The average molecular weight is 453 g/mol. The van der Waals surface area contributed by atoms with Crippen molar-refractivity contribution in [3.8, 4) is 11.4 Å². The molecule has 4 rings (SSSR count). The minimum Gasteiger partial charge on any atom is -0.495 e. The van der Waals surface area contributed by atoms with Gasteiger partial charge in [0.2, 0.25) is 5.91 Å². The number of amides is 2. The summed E-state index contributed by atoms with van der Waals surface area (Å²) in [7, 11) is 1.53. The Bertz CT molecular complexity index is 1150. The number of benzene rings is 2. The molecular weight excluding hydrogens is 428 g/mol. The van der Waals surface area contributed by atoms with Crippen LogP contribution in [0.1, 0.15) is 47.9 Å². The summed E-state index contributed by atoms with van der Waals surface area (Å²) in [4.78, 5) is 24.8. The Labute approximate surface area is 191 Å². The van der Waals surface area contributed by atoms with Crippen molar-refractivity contribution < 1.29 is 14.3 Å². The Hall–Kier alpha value is -3.32. The molecule has 0 radical (unpaired) electrons. The maximum atomic E-state index is 13.3. The molecule has 32 heavy (non-hydrogen) atoms. The third-order valence-corrected chi connectivity index (χ3v) is 5.74. The fourth-order valence-corrected chi connectivity index (χ4v) is 4.14. The number of nitrogens with one attached hydrogen (secondary N) is 2. The van der Waals surface area contributed by atoms with E-state index < -0.39 is 0 Å². The number of fused-ring (bicyclic) bond motifs is 1. The van der Waals surface area contributed by atoms with E-state index in [1.807, 2.05) is 28.9 Å². The van der Waals surface area contributed by atoms with Crippen LogP contribution >= 0.6 is 11.6 Å². The molecule has 166 valence electrons. The number of anilines is 2. The van der Waals surface area contributed by atoms with E-state index >= 15 is 0 Å². The summed E-state index contributed by atoms with van der Waals surface area (Å²) in [6.45, 7) is 1.42. The summed E-state index contributed by atoms with van der Waals surface area (Å²) in [5, 5.41) is 11.0. The molecular formula is C24H25ClN4O3. The van der Waals surface area contributed by atoms with Crippen molar-refractivity contribution in [1.29, 1.82) is 0 Å². The van der Waals surface area contributed by atoms with Crippen molar-refractivity contribution in [2.75, 3.05) is 17.7 Å². The second-order valence-electron chi connectivity index (χ2n) is 7.77. The summed E-state index contributed by atoms with van der Waals surface area (Å²) >= 11 is 6.05. The summed E-state index contributed by atoms with van der Waals surface area (Å²) in [6, 6.07) is 12.6. The number of hydrogen-bond donors (Lipinski definition) is 2. The molecule has 2 aromatic carbocycles. The van der Waals surface area contributed by atoms with Gasteiger partial charge >= 0.3 is 0 Å². The smallest absolute Gasteiger partial charge is 0.276 e. The van der Waals surface area contributed by atoms with Crippen molar-refractivity contribution in [3.63, 3.8) is 0 Å². The van der Waals surface area contributed by atoms with E-state index in [1.165, 1.54) is 14.0 Å². The fourth-order valence-electron chi connectivity index (χ4n) is 4.02. The van der Waals surface area contributed by atoms with Gasteiger partial charge in [0.05, 0.1) is 18.5 Å². The molecule has 2 N–H and O–H groups in total. The Kier molecular flexibility index (Phi) is 6.46. The lowest BCUT2D eigenvalue weighted by Gasteiger charge is -2.12. The number of carbonyl (C=O) groups excluding carboxylic acids is 2. The van der Waals surface area contributed by atoms with E-state index in [-0.39, 0.29) is 11.8 Å². The van der Waals surface area contributed by atoms with E-state index in [2.05, 4.69) is 10.6 Å². The molecule has 0 aliphatic heterocycles. The summed E-state index contributed by atoms with van der Waals surface area (Å²) in [5.41, 5.74) is 4.40. The van der Waals surface area contributed by atoms with Crippen molar-refractivity contribution >= 4 is 34.8 Å². The molecule has 0 fully saturated rings. The first-order valence-electron chi connectivity index (χ1n) is 10.6. The molecule has 1 aliphatic carbocycles. The van der Waals surface area contributed by atoms with E-state index in [0.29, 0.717) is 27.8 Å². The zero-order chi connectivity index (χ0) is 22.7. The van der Waals surface area contributed by atoms with Crippen LogP contribution in [-0.2, 0) is 17.6 Å². The average Bonchev–Trinajstić information content (AvgIpc) is 2.95. The number of ether oxygens (including phenoxy) is 1. The third-order valence-electron chi connectivity index (χ3n) is 5.48. The molecule has 0 spiro atoms. The minimum atomic E-state index is -0.283. The van der Waals surface area contributed by atoms with Gasteiger partial charge in [0, 0.05) is 28.9 Å². The van der Waals surface area contributed by atoms with E-state index in [1.54, 1.807) is 18.2 Å². The monoisotopic (exact) mass is 452 g/mol. The molecule has 3 aromatic rings. The summed E-state index contributed by atoms with van der Waals surface area (Å²) in [6.07, 6.45) is 4.88. The highest BCUT2D eigenvalue weighted by Crippen LogP contribution is 2.30. The van der Waals surface area contributed by atoms with Crippen LogP contribution in [0.3, 0.4) is 0 Å².